The summed E-state index contributed by atoms with van der Waals surface area (Å²) in [5.74, 6) is -1.25. The molecule has 1 heterocycles. The number of hydrogen-bond donors (Lipinski definition) is 2. The number of allylic oxidation sites excluding steroid dienone is 8. The lowest BCUT2D eigenvalue weighted by Gasteiger charge is -2.36. The normalized spacial score (nSPS) is 17.6. The van der Waals surface area contributed by atoms with Gasteiger partial charge in [0.15, 0.2) is 11.9 Å². The van der Waals surface area contributed by atoms with Gasteiger partial charge in [0.25, 0.3) is 5.91 Å². The number of aliphatic hydroxyl groups is 2. The van der Waals surface area contributed by atoms with E-state index in [-0.39, 0.29) is 17.2 Å². The molecule has 1 aliphatic heterocycles. The van der Waals surface area contributed by atoms with Gasteiger partial charge in [-0.3, -0.25) is 4.79 Å². The van der Waals surface area contributed by atoms with Gasteiger partial charge in [-0.1, -0.05) is 56.9 Å². The Bertz CT molecular complexity index is 1270. The lowest BCUT2D eigenvalue weighted by molar-refractivity contribution is -0.141. The number of carbonyl (C=O) groups excluding carboxylic acids is 1. The van der Waals surface area contributed by atoms with Crippen molar-refractivity contribution in [3.05, 3.63) is 108 Å². The van der Waals surface area contributed by atoms with Gasteiger partial charge in [-0.15, -0.1) is 0 Å². The predicted octanol–water partition coefficient (Wildman–Crippen LogP) is 6.51. The molecule has 1 aromatic rings. The molecule has 9 heteroatoms. The molecule has 0 aromatic heterocycles. The zero-order valence-electron chi connectivity index (χ0n) is 24.2. The molecule has 220 valence electrons. The van der Waals surface area contributed by atoms with E-state index < -0.39 is 23.7 Å². The summed E-state index contributed by atoms with van der Waals surface area (Å²) < 4.78 is 28.3. The molecule has 2 aliphatic rings. The molecular weight excluding hydrogens is 526 g/mol. The summed E-state index contributed by atoms with van der Waals surface area (Å²) in [6, 6.07) is 5.17. The molecule has 1 aliphatic carbocycles. The van der Waals surface area contributed by atoms with Crippen LogP contribution in [0.1, 0.15) is 52.2 Å². The number of carbonyl (C=O) groups is 1. The van der Waals surface area contributed by atoms with Crippen LogP contribution in [-0.2, 0) is 4.79 Å². The van der Waals surface area contributed by atoms with E-state index in [0.29, 0.717) is 56.1 Å². The average molecular weight is 567 g/mol. The number of halogens is 2. The summed E-state index contributed by atoms with van der Waals surface area (Å²) in [5.41, 5.74) is 0.806. The lowest BCUT2D eigenvalue weighted by atomic mass is 10.1. The Balaban J connectivity index is 0.00000287. The molecule has 1 fully saturated rings. The van der Waals surface area contributed by atoms with Crippen LogP contribution < -0.4 is 0 Å². The largest absolute Gasteiger partial charge is 0.507 e. The minimum atomic E-state index is -1.38. The zero-order valence-corrected chi connectivity index (χ0v) is 24.2. The van der Waals surface area contributed by atoms with Crippen LogP contribution in [0.25, 0.3) is 0 Å². The van der Waals surface area contributed by atoms with Gasteiger partial charge in [0, 0.05) is 38.3 Å². The number of nitrogens with zero attached hydrogens (tertiary/aromatic N) is 4. The van der Waals surface area contributed by atoms with Gasteiger partial charge in [-0.05, 0) is 56.2 Å². The van der Waals surface area contributed by atoms with Gasteiger partial charge in [-0.2, -0.15) is 0 Å². The molecule has 0 bridgehead atoms. The van der Waals surface area contributed by atoms with E-state index >= 15 is 4.39 Å². The number of aliphatic imine (C=N–C) groups is 2. The zero-order chi connectivity index (χ0) is 30.4. The van der Waals surface area contributed by atoms with Crippen molar-refractivity contribution in [2.75, 3.05) is 26.2 Å². The van der Waals surface area contributed by atoms with Gasteiger partial charge in [0.05, 0.1) is 5.57 Å². The monoisotopic (exact) mass is 566 g/mol. The minimum Gasteiger partial charge on any atom is -0.507 e. The fourth-order valence-corrected chi connectivity index (χ4v) is 4.11. The van der Waals surface area contributed by atoms with Crippen molar-refractivity contribution in [1.82, 2.24) is 9.80 Å². The third-order valence-electron chi connectivity index (χ3n) is 6.29. The lowest BCUT2D eigenvalue weighted by Crippen LogP contribution is -2.51. The van der Waals surface area contributed by atoms with Crippen molar-refractivity contribution in [2.45, 2.75) is 46.6 Å². The summed E-state index contributed by atoms with van der Waals surface area (Å²) in [4.78, 5) is 25.5. The fourth-order valence-electron chi connectivity index (χ4n) is 4.11. The van der Waals surface area contributed by atoms with Crippen LogP contribution in [0.2, 0.25) is 0 Å². The summed E-state index contributed by atoms with van der Waals surface area (Å²) in [5, 5.41) is 21.1. The summed E-state index contributed by atoms with van der Waals surface area (Å²) in [7, 11) is 0. The molecule has 0 radical (unpaired) electrons. The molecule has 1 amide bonds. The maximum Gasteiger partial charge on any atom is 0.256 e. The number of hydrogen-bond acceptors (Lipinski definition) is 4. The number of benzene rings is 1. The molecule has 2 N–H and O–H groups in total. The van der Waals surface area contributed by atoms with Crippen LogP contribution >= 0.6 is 0 Å². The van der Waals surface area contributed by atoms with E-state index in [1.165, 1.54) is 36.4 Å². The molecule has 1 saturated heterocycles. The molecule has 3 rings (SSSR count). The Labute approximate surface area is 241 Å². The molecule has 7 nitrogen and oxygen atoms in total. The maximum absolute atomic E-state index is 15.1. The number of amidine groups is 2. The SMILES string of the molecule is C=C/C=C(\C/C=C\C)N=C(N=C(C)N1CCN(C(=O)C(O)c2ccc(F)cc2)CC1)C1=C(F)C=CCC=C1O.CC. The summed E-state index contributed by atoms with van der Waals surface area (Å²) in [6.45, 7) is 12.9. The van der Waals surface area contributed by atoms with Crippen molar-refractivity contribution < 1.29 is 23.8 Å². The van der Waals surface area contributed by atoms with E-state index in [1.807, 2.05) is 37.8 Å². The summed E-state index contributed by atoms with van der Waals surface area (Å²) in [6.07, 6.45) is 10.9. The first-order chi connectivity index (χ1) is 19.7. The van der Waals surface area contributed by atoms with Gasteiger partial charge >= 0.3 is 0 Å². The van der Waals surface area contributed by atoms with Gasteiger partial charge in [0.1, 0.15) is 23.2 Å². The molecule has 0 spiro atoms. The van der Waals surface area contributed by atoms with Crippen molar-refractivity contribution >= 4 is 17.6 Å². The first-order valence-corrected chi connectivity index (χ1v) is 13.7. The molecule has 1 atom stereocenters. The van der Waals surface area contributed by atoms with E-state index in [2.05, 4.69) is 16.6 Å². The number of amides is 1. The highest BCUT2D eigenvalue weighted by atomic mass is 19.1. The Morgan fingerprint density at radius 1 is 1.10 bits per heavy atom. The van der Waals surface area contributed by atoms with Crippen LogP contribution in [0.4, 0.5) is 8.78 Å². The molecule has 1 aromatic carbocycles. The Morgan fingerprint density at radius 3 is 2.34 bits per heavy atom. The smallest absolute Gasteiger partial charge is 0.256 e. The number of piperazine rings is 1. The van der Waals surface area contributed by atoms with Gasteiger partial charge in [0.2, 0.25) is 0 Å². The average Bonchev–Trinajstić information content (AvgIpc) is 3.15. The highest BCUT2D eigenvalue weighted by Gasteiger charge is 2.28. The van der Waals surface area contributed by atoms with Crippen LogP contribution in [-0.4, -0.2) is 63.8 Å². The second-order valence-corrected chi connectivity index (χ2v) is 8.98. The molecule has 41 heavy (non-hydrogen) atoms. The third kappa shape index (κ3) is 9.49. The minimum absolute atomic E-state index is 0.0214. The van der Waals surface area contributed by atoms with E-state index in [4.69, 9.17) is 0 Å². The Kier molecular flexibility index (Phi) is 13.6. The van der Waals surface area contributed by atoms with Crippen molar-refractivity contribution in [3.8, 4) is 0 Å². The Morgan fingerprint density at radius 2 is 1.73 bits per heavy atom. The van der Waals surface area contributed by atoms with Crippen molar-refractivity contribution in [1.29, 1.82) is 0 Å². The van der Waals surface area contributed by atoms with Crippen LogP contribution in [0.5, 0.6) is 0 Å². The molecule has 1 unspecified atom stereocenters. The van der Waals surface area contributed by atoms with Crippen LogP contribution in [0.3, 0.4) is 0 Å². The Hall–Kier alpha value is -4.11. The summed E-state index contributed by atoms with van der Waals surface area (Å²) >= 11 is 0. The fraction of sp³-hybridized carbons (Fsp3) is 0.344. The maximum atomic E-state index is 15.1. The first-order valence-electron chi connectivity index (χ1n) is 13.7. The predicted molar refractivity (Wildman–Crippen MR) is 162 cm³/mol. The van der Waals surface area contributed by atoms with Gasteiger partial charge < -0.3 is 20.0 Å². The second-order valence-electron chi connectivity index (χ2n) is 8.98. The number of aliphatic hydroxyl groups excluding tert-OH is 2. The van der Waals surface area contributed by atoms with Crippen LogP contribution in [0.15, 0.2) is 106 Å². The first kappa shape index (κ1) is 33.1. The highest BCUT2D eigenvalue weighted by molar-refractivity contribution is 6.09. The topological polar surface area (TPSA) is 88.7 Å². The third-order valence-corrected chi connectivity index (χ3v) is 6.29. The van der Waals surface area contributed by atoms with Gasteiger partial charge in [-0.25, -0.2) is 18.8 Å². The second kappa shape index (κ2) is 16.9. The molecular formula is C32H40F2N4O3. The van der Waals surface area contributed by atoms with Crippen molar-refractivity contribution in [3.63, 3.8) is 0 Å². The quantitative estimate of drug-likeness (QED) is 0.171. The van der Waals surface area contributed by atoms with E-state index in [1.54, 1.807) is 30.1 Å². The number of rotatable bonds is 7. The van der Waals surface area contributed by atoms with E-state index in [9.17, 15) is 19.4 Å². The molecule has 0 saturated carbocycles. The van der Waals surface area contributed by atoms with E-state index in [0.717, 1.165) is 0 Å². The van der Waals surface area contributed by atoms with Crippen LogP contribution in [0, 0.1) is 5.82 Å². The highest BCUT2D eigenvalue weighted by Crippen LogP contribution is 2.24. The van der Waals surface area contributed by atoms with Crippen molar-refractivity contribution in [2.24, 2.45) is 9.98 Å². The standard InChI is InChI=1S/C30H34F2N4O3.C2H6/c1-4-6-10-24(9-5-2)34-29(27-25(32)11-7-8-12-26(27)37)33-21(3)35-17-19-36(20-18-35)30(39)28(38)22-13-15-23(31)16-14-22;1-2/h4-7,9,11-16,28,37-38H,2,8,10,17-20H2,1,3H3;1-2H3/b6-4-,24-9+,33-21?,34-29?;.